The van der Waals surface area contributed by atoms with Gasteiger partial charge in [0.05, 0.1) is 6.04 Å². The van der Waals surface area contributed by atoms with Crippen molar-refractivity contribution in [1.29, 1.82) is 0 Å². The van der Waals surface area contributed by atoms with Gasteiger partial charge in [0, 0.05) is 6.42 Å². The third-order valence-electron chi connectivity index (χ3n) is 3.82. The molecule has 0 aliphatic carbocycles. The molecule has 0 aliphatic heterocycles. The van der Waals surface area contributed by atoms with Gasteiger partial charge in [-0.25, -0.2) is 0 Å². The molecule has 5 nitrogen and oxygen atoms in total. The predicted octanol–water partition coefficient (Wildman–Crippen LogP) is 2.09. The van der Waals surface area contributed by atoms with Gasteiger partial charge in [-0.1, -0.05) is 48.5 Å². The van der Waals surface area contributed by atoms with Gasteiger partial charge in [-0.3, -0.25) is 9.59 Å². The van der Waals surface area contributed by atoms with Crippen LogP contribution in [0, 0.1) is 0 Å². The number of hydrogen-bond acceptors (Lipinski definition) is 5. The second kappa shape index (κ2) is 5.96. The van der Waals surface area contributed by atoms with Crippen LogP contribution in [0.1, 0.15) is 17.2 Å². The molecule has 3 aromatic carbocycles. The monoisotopic (exact) mass is 309 g/mol. The van der Waals surface area contributed by atoms with E-state index in [-0.39, 0.29) is 17.5 Å². The Morgan fingerprint density at radius 1 is 0.870 bits per heavy atom. The van der Waals surface area contributed by atoms with Crippen molar-refractivity contribution in [3.63, 3.8) is 0 Å². The average molecular weight is 309 g/mol. The highest BCUT2D eigenvalue weighted by Gasteiger charge is 2.24. The average Bonchev–Trinajstić information content (AvgIpc) is 2.60. The van der Waals surface area contributed by atoms with E-state index in [1.807, 2.05) is 36.4 Å². The molecule has 0 heterocycles. The molecule has 0 amide bonds. The first kappa shape index (κ1) is 14.8. The minimum atomic E-state index is -0.873. The van der Waals surface area contributed by atoms with Crippen molar-refractivity contribution in [2.45, 2.75) is 12.5 Å². The number of rotatable bonds is 5. The van der Waals surface area contributed by atoms with E-state index in [0.717, 1.165) is 5.56 Å². The van der Waals surface area contributed by atoms with Crippen LogP contribution in [-0.2, 0) is 6.42 Å². The summed E-state index contributed by atoms with van der Waals surface area (Å²) in [6, 6.07) is 15.9. The number of benzene rings is 2. The molecular weight excluding hydrogens is 294 g/mol. The summed E-state index contributed by atoms with van der Waals surface area (Å²) in [6.45, 7) is 0. The van der Waals surface area contributed by atoms with Crippen molar-refractivity contribution in [1.82, 2.24) is 0 Å². The number of hydrogen-bond donors (Lipinski definition) is 3. The Labute approximate surface area is 132 Å². The van der Waals surface area contributed by atoms with Gasteiger partial charge in [0.25, 0.3) is 10.9 Å². The van der Waals surface area contributed by atoms with Crippen molar-refractivity contribution in [3.05, 3.63) is 86.2 Å². The van der Waals surface area contributed by atoms with Gasteiger partial charge in [0.2, 0.25) is 0 Å². The minimum absolute atomic E-state index is 0.0701. The zero-order valence-electron chi connectivity index (χ0n) is 12.2. The van der Waals surface area contributed by atoms with Gasteiger partial charge in [0.15, 0.2) is 5.75 Å². The van der Waals surface area contributed by atoms with Crippen LogP contribution in [0.5, 0.6) is 11.5 Å². The van der Waals surface area contributed by atoms with E-state index in [0.29, 0.717) is 12.0 Å². The second-order valence-corrected chi connectivity index (χ2v) is 5.32. The van der Waals surface area contributed by atoms with Crippen LogP contribution in [0.3, 0.4) is 0 Å². The largest absolute Gasteiger partial charge is 0.508 e. The first-order chi connectivity index (χ1) is 11.1. The van der Waals surface area contributed by atoms with E-state index in [1.165, 1.54) is 0 Å². The summed E-state index contributed by atoms with van der Waals surface area (Å²) in [6.07, 6.45) is 0.398. The fraction of sp³-hybridized carbons (Fsp3) is 0.111. The van der Waals surface area contributed by atoms with E-state index in [1.54, 1.807) is 18.2 Å². The van der Waals surface area contributed by atoms with Crippen LogP contribution in [-0.4, -0.2) is 10.2 Å². The lowest BCUT2D eigenvalue weighted by Gasteiger charge is -2.22. The molecule has 5 heteroatoms. The second-order valence-electron chi connectivity index (χ2n) is 5.32. The molecule has 0 saturated heterocycles. The van der Waals surface area contributed by atoms with E-state index in [9.17, 15) is 19.8 Å². The molecule has 0 bridgehead atoms. The van der Waals surface area contributed by atoms with Gasteiger partial charge in [-0.2, -0.15) is 0 Å². The highest BCUT2D eigenvalue weighted by Crippen LogP contribution is 2.28. The van der Waals surface area contributed by atoms with Crippen molar-refractivity contribution in [2.24, 2.45) is 0 Å². The normalized spacial score (nSPS) is 12.2. The summed E-state index contributed by atoms with van der Waals surface area (Å²) in [5.41, 5.74) is -0.0860. The third kappa shape index (κ3) is 2.81. The van der Waals surface area contributed by atoms with Crippen LogP contribution in [0.15, 0.2) is 64.2 Å². The molecule has 0 spiro atoms. The molecule has 3 aromatic rings. The summed E-state index contributed by atoms with van der Waals surface area (Å²) in [4.78, 5) is 22.7. The van der Waals surface area contributed by atoms with Gasteiger partial charge in [-0.15, -0.1) is 0 Å². The summed E-state index contributed by atoms with van der Waals surface area (Å²) in [5.74, 6) is -0.377. The molecule has 0 fully saturated rings. The fourth-order valence-electron chi connectivity index (χ4n) is 2.53. The first-order valence-electron chi connectivity index (χ1n) is 7.18. The molecule has 116 valence electrons. The Bertz CT molecular complexity index is 895. The zero-order chi connectivity index (χ0) is 16.4. The Kier molecular flexibility index (Phi) is 3.85. The molecule has 0 saturated carbocycles. The highest BCUT2D eigenvalue weighted by molar-refractivity contribution is 5.62. The smallest absolute Gasteiger partial charge is 0.271 e. The van der Waals surface area contributed by atoms with E-state index in [4.69, 9.17) is 0 Å². The SMILES string of the molecule is O=c1c(O)c(N[C@@H](Cc2ccccc2O)c2ccccc2)c1=O. The Morgan fingerprint density at radius 2 is 1.52 bits per heavy atom. The standard InChI is InChI=1S/C18H15NO4/c20-14-9-5-4-8-12(14)10-13(11-6-2-1-3-7-11)19-15-16(21)18(23)17(15)22/h1-9,13,19-21H,10H2/t13-/m0/s1. The summed E-state index contributed by atoms with van der Waals surface area (Å²) >= 11 is 0. The van der Waals surface area contributed by atoms with Crippen LogP contribution in [0.2, 0.25) is 0 Å². The number of phenols is 1. The number of phenolic OH excluding ortho intramolecular Hbond substituents is 1. The molecule has 1 atom stereocenters. The number of nitrogens with one attached hydrogen (secondary N) is 1. The van der Waals surface area contributed by atoms with Crippen molar-refractivity contribution in [2.75, 3.05) is 5.32 Å². The summed E-state index contributed by atoms with van der Waals surface area (Å²) in [5, 5.41) is 22.4. The van der Waals surface area contributed by atoms with Gasteiger partial charge in [0.1, 0.15) is 11.4 Å². The molecule has 0 aliphatic rings. The molecule has 0 unspecified atom stereocenters. The maximum absolute atomic E-state index is 11.6. The summed E-state index contributed by atoms with van der Waals surface area (Å²) in [7, 11) is 0. The van der Waals surface area contributed by atoms with Crippen LogP contribution in [0.4, 0.5) is 5.69 Å². The molecule has 23 heavy (non-hydrogen) atoms. The quantitative estimate of drug-likeness (QED) is 0.628. The molecule has 0 radical (unpaired) electrons. The van der Waals surface area contributed by atoms with E-state index >= 15 is 0 Å². The van der Waals surface area contributed by atoms with Gasteiger partial charge >= 0.3 is 0 Å². The molecule has 0 aromatic heterocycles. The number of aromatic hydroxyl groups is 2. The topological polar surface area (TPSA) is 86.6 Å². The van der Waals surface area contributed by atoms with Crippen molar-refractivity contribution in [3.8, 4) is 11.5 Å². The van der Waals surface area contributed by atoms with E-state index in [2.05, 4.69) is 5.32 Å². The highest BCUT2D eigenvalue weighted by atomic mass is 16.3. The van der Waals surface area contributed by atoms with Crippen molar-refractivity contribution < 1.29 is 10.2 Å². The number of anilines is 1. The predicted molar refractivity (Wildman–Crippen MR) is 87.6 cm³/mol. The van der Waals surface area contributed by atoms with E-state index < -0.39 is 16.6 Å². The molecule has 3 N–H and O–H groups in total. The minimum Gasteiger partial charge on any atom is -0.508 e. The summed E-state index contributed by atoms with van der Waals surface area (Å²) < 4.78 is 0. The first-order valence-corrected chi connectivity index (χ1v) is 7.18. The van der Waals surface area contributed by atoms with Crippen LogP contribution in [0.25, 0.3) is 0 Å². The fourth-order valence-corrected chi connectivity index (χ4v) is 2.53. The zero-order valence-corrected chi connectivity index (χ0v) is 12.2. The van der Waals surface area contributed by atoms with Crippen molar-refractivity contribution >= 4 is 5.69 Å². The lowest BCUT2D eigenvalue weighted by Crippen LogP contribution is -2.34. The Hall–Kier alpha value is -3.08. The molecule has 3 rings (SSSR count). The third-order valence-corrected chi connectivity index (χ3v) is 3.82. The van der Waals surface area contributed by atoms with Gasteiger partial charge < -0.3 is 15.5 Å². The maximum atomic E-state index is 11.6. The molecular formula is C18H15NO4. The Balaban J connectivity index is 1.93. The Morgan fingerprint density at radius 3 is 2.17 bits per heavy atom. The number of para-hydroxylation sites is 1. The lowest BCUT2D eigenvalue weighted by atomic mass is 9.97. The van der Waals surface area contributed by atoms with Crippen LogP contribution < -0.4 is 16.2 Å². The lowest BCUT2D eigenvalue weighted by molar-refractivity contribution is 0.462. The van der Waals surface area contributed by atoms with Gasteiger partial charge in [-0.05, 0) is 17.2 Å². The van der Waals surface area contributed by atoms with Crippen LogP contribution >= 0.6 is 0 Å². The maximum Gasteiger partial charge on any atom is 0.271 e.